The number of amides is 2. The Kier molecular flexibility index (Phi) is 8.53. The summed E-state index contributed by atoms with van der Waals surface area (Å²) < 4.78 is 5.30. The molecule has 1 aliphatic rings. The number of ether oxygens (including phenoxy) is 1. The second-order valence-electron chi connectivity index (χ2n) is 10.4. The Hall–Kier alpha value is -5.10. The van der Waals surface area contributed by atoms with Crippen LogP contribution >= 0.6 is 0 Å². The van der Waals surface area contributed by atoms with Gasteiger partial charge in [0.15, 0.2) is 0 Å². The second-order valence-corrected chi connectivity index (χ2v) is 10.4. The Balaban J connectivity index is 1.43. The topological polar surface area (TPSA) is 70.7 Å². The zero-order chi connectivity index (χ0) is 29.6. The minimum atomic E-state index is -0.713. The Morgan fingerprint density at radius 2 is 1.67 bits per heavy atom. The molecule has 6 nitrogen and oxygen atoms in total. The van der Waals surface area contributed by atoms with E-state index in [1.807, 2.05) is 79.7 Å². The number of methoxy groups -OCH3 is 1. The number of aryl methyl sites for hydroxylation is 1. The quantitative estimate of drug-likeness (QED) is 0.222. The number of benzene rings is 4. The third-order valence-electron chi connectivity index (χ3n) is 7.53. The fraction of sp³-hybridized carbons (Fsp3) is 0.167. The number of carbonyl (C=O) groups is 2. The minimum absolute atomic E-state index is 0.0169. The maximum absolute atomic E-state index is 14.1. The van der Waals surface area contributed by atoms with Gasteiger partial charge in [0.25, 0.3) is 0 Å². The molecule has 0 aromatic heterocycles. The van der Waals surface area contributed by atoms with Crippen molar-refractivity contribution < 1.29 is 14.3 Å². The molecule has 0 spiro atoms. The monoisotopic (exact) mass is 557 g/mol. The van der Waals surface area contributed by atoms with Crippen LogP contribution in [0.1, 0.15) is 40.2 Å². The molecule has 0 radical (unpaired) electrons. The van der Waals surface area contributed by atoms with Crippen LogP contribution < -0.4 is 20.3 Å². The molecule has 6 heteroatoms. The standard InChI is InChI=1S/C36H35N3O3/c1-24-10-13-29(14-11-24)38-35(40)23-34-33-22-28(25(2)37-21-20-27-8-6-5-7-9-27)12-19-32(33)26(3)39(36(34)41)30-15-17-31(42-4)18-16-30/h5-19,22,34,37H,2-3,20-21,23H2,1,4H3,(H,38,40). The zero-order valence-electron chi connectivity index (χ0n) is 24.0. The van der Waals surface area contributed by atoms with E-state index in [4.69, 9.17) is 4.74 Å². The molecule has 0 fully saturated rings. The highest BCUT2D eigenvalue weighted by molar-refractivity contribution is 6.13. The molecule has 0 aliphatic carbocycles. The lowest BCUT2D eigenvalue weighted by molar-refractivity contribution is -0.123. The first-order valence-electron chi connectivity index (χ1n) is 14.0. The van der Waals surface area contributed by atoms with Crippen molar-refractivity contribution in [1.82, 2.24) is 5.32 Å². The molecule has 4 aromatic rings. The van der Waals surface area contributed by atoms with Crippen molar-refractivity contribution in [3.8, 4) is 5.75 Å². The molecule has 0 saturated heterocycles. The van der Waals surface area contributed by atoms with Crippen LogP contribution in [0, 0.1) is 6.92 Å². The molecule has 0 saturated carbocycles. The van der Waals surface area contributed by atoms with Crippen molar-refractivity contribution in [1.29, 1.82) is 0 Å². The third kappa shape index (κ3) is 6.28. The molecule has 4 aromatic carbocycles. The molecule has 5 rings (SSSR count). The average Bonchev–Trinajstić information content (AvgIpc) is 3.01. The number of hydrogen-bond acceptors (Lipinski definition) is 4. The lowest BCUT2D eigenvalue weighted by Gasteiger charge is -2.36. The van der Waals surface area contributed by atoms with Gasteiger partial charge < -0.3 is 15.4 Å². The molecule has 2 amide bonds. The molecule has 212 valence electrons. The highest BCUT2D eigenvalue weighted by atomic mass is 16.5. The fourth-order valence-corrected chi connectivity index (χ4v) is 5.19. The van der Waals surface area contributed by atoms with E-state index in [0.717, 1.165) is 40.9 Å². The zero-order valence-corrected chi connectivity index (χ0v) is 24.0. The molecule has 42 heavy (non-hydrogen) atoms. The number of anilines is 2. The van der Waals surface area contributed by atoms with Crippen LogP contribution in [0.4, 0.5) is 11.4 Å². The normalized spacial score (nSPS) is 14.2. The van der Waals surface area contributed by atoms with Crippen LogP contribution in [0.5, 0.6) is 5.75 Å². The highest BCUT2D eigenvalue weighted by Crippen LogP contribution is 2.41. The number of fused-ring (bicyclic) bond motifs is 1. The van der Waals surface area contributed by atoms with E-state index in [1.54, 1.807) is 24.1 Å². The van der Waals surface area contributed by atoms with Gasteiger partial charge in [-0.15, -0.1) is 0 Å². The largest absolute Gasteiger partial charge is 0.497 e. The van der Waals surface area contributed by atoms with Gasteiger partial charge >= 0.3 is 0 Å². The molecule has 1 unspecified atom stereocenters. The van der Waals surface area contributed by atoms with Crippen LogP contribution in [0.3, 0.4) is 0 Å². The molecule has 1 atom stereocenters. The summed E-state index contributed by atoms with van der Waals surface area (Å²) in [4.78, 5) is 29.0. The lowest BCUT2D eigenvalue weighted by Crippen LogP contribution is -2.39. The second kappa shape index (κ2) is 12.6. The van der Waals surface area contributed by atoms with Crippen molar-refractivity contribution in [2.24, 2.45) is 0 Å². The van der Waals surface area contributed by atoms with Gasteiger partial charge in [0.1, 0.15) is 5.75 Å². The summed E-state index contributed by atoms with van der Waals surface area (Å²) in [5, 5.41) is 6.36. The van der Waals surface area contributed by atoms with E-state index in [2.05, 4.69) is 35.9 Å². The summed E-state index contributed by atoms with van der Waals surface area (Å²) in [5.41, 5.74) is 7.45. The summed E-state index contributed by atoms with van der Waals surface area (Å²) >= 11 is 0. The minimum Gasteiger partial charge on any atom is -0.497 e. The average molecular weight is 558 g/mol. The van der Waals surface area contributed by atoms with E-state index < -0.39 is 5.92 Å². The fourth-order valence-electron chi connectivity index (χ4n) is 5.19. The highest BCUT2D eigenvalue weighted by Gasteiger charge is 2.38. The van der Waals surface area contributed by atoms with Gasteiger partial charge in [-0.05, 0) is 72.5 Å². The predicted molar refractivity (Wildman–Crippen MR) is 170 cm³/mol. The van der Waals surface area contributed by atoms with E-state index in [0.29, 0.717) is 22.8 Å². The number of hydrogen-bond donors (Lipinski definition) is 2. The number of carbonyl (C=O) groups excluding carboxylic acids is 2. The molecule has 1 aliphatic heterocycles. The molecule has 2 N–H and O–H groups in total. The number of nitrogens with one attached hydrogen (secondary N) is 2. The van der Waals surface area contributed by atoms with E-state index in [9.17, 15) is 9.59 Å². The Bertz CT molecular complexity index is 1610. The maximum atomic E-state index is 14.1. The van der Waals surface area contributed by atoms with E-state index >= 15 is 0 Å². The first-order chi connectivity index (χ1) is 20.3. The van der Waals surface area contributed by atoms with E-state index in [-0.39, 0.29) is 18.2 Å². The van der Waals surface area contributed by atoms with Crippen LogP contribution in [-0.4, -0.2) is 25.5 Å². The van der Waals surface area contributed by atoms with Crippen LogP contribution in [-0.2, 0) is 16.0 Å². The van der Waals surface area contributed by atoms with Crippen LogP contribution in [0.15, 0.2) is 110 Å². The summed E-state index contributed by atoms with van der Waals surface area (Å²) in [7, 11) is 1.60. The Labute approximate surface area is 247 Å². The third-order valence-corrected chi connectivity index (χ3v) is 7.53. The predicted octanol–water partition coefficient (Wildman–Crippen LogP) is 6.94. The maximum Gasteiger partial charge on any atom is 0.239 e. The number of nitrogens with zero attached hydrogens (tertiary/aromatic N) is 1. The van der Waals surface area contributed by atoms with Gasteiger partial charge in [0.2, 0.25) is 11.8 Å². The molecule has 0 bridgehead atoms. The van der Waals surface area contributed by atoms with Gasteiger partial charge in [-0.25, -0.2) is 0 Å². The summed E-state index contributed by atoms with van der Waals surface area (Å²) in [6, 6.07) is 31.0. The Morgan fingerprint density at radius 1 is 0.952 bits per heavy atom. The first-order valence-corrected chi connectivity index (χ1v) is 14.0. The number of rotatable bonds is 10. The van der Waals surface area contributed by atoms with E-state index in [1.165, 1.54) is 5.56 Å². The lowest BCUT2D eigenvalue weighted by atomic mass is 9.83. The Morgan fingerprint density at radius 3 is 2.36 bits per heavy atom. The molecular weight excluding hydrogens is 522 g/mol. The van der Waals surface area contributed by atoms with Gasteiger partial charge in [0.05, 0.1) is 13.0 Å². The smallest absolute Gasteiger partial charge is 0.239 e. The SMILES string of the molecule is C=C(NCCc1ccccc1)c1ccc2c(c1)C(CC(=O)Nc1ccc(C)cc1)C(=O)N(c1ccc(OC)cc1)C2=C. The van der Waals surface area contributed by atoms with Gasteiger partial charge in [0, 0.05) is 41.3 Å². The van der Waals surface area contributed by atoms with Crippen LogP contribution in [0.25, 0.3) is 11.4 Å². The van der Waals surface area contributed by atoms with Gasteiger partial charge in [-0.3, -0.25) is 14.5 Å². The van der Waals surface area contributed by atoms with Crippen molar-refractivity contribution >= 4 is 34.6 Å². The summed E-state index contributed by atoms with van der Waals surface area (Å²) in [5.74, 6) is -0.478. The van der Waals surface area contributed by atoms with Crippen molar-refractivity contribution in [2.45, 2.75) is 25.7 Å². The van der Waals surface area contributed by atoms with Crippen LogP contribution in [0.2, 0.25) is 0 Å². The van der Waals surface area contributed by atoms with Crippen molar-refractivity contribution in [3.05, 3.63) is 138 Å². The summed E-state index contributed by atoms with van der Waals surface area (Å²) in [6.07, 6.45) is 0.843. The first kappa shape index (κ1) is 28.4. The van der Waals surface area contributed by atoms with Gasteiger partial charge in [-0.2, -0.15) is 0 Å². The summed E-state index contributed by atoms with van der Waals surface area (Å²) in [6.45, 7) is 11.3. The van der Waals surface area contributed by atoms with Crippen molar-refractivity contribution in [2.75, 3.05) is 23.9 Å². The van der Waals surface area contributed by atoms with Gasteiger partial charge in [-0.1, -0.05) is 73.3 Å². The molecular formula is C36H35N3O3. The van der Waals surface area contributed by atoms with Crippen molar-refractivity contribution in [3.63, 3.8) is 0 Å². The molecule has 1 heterocycles.